The summed E-state index contributed by atoms with van der Waals surface area (Å²) in [6.07, 6.45) is 0. The first kappa shape index (κ1) is 13.8. The molecule has 0 saturated carbocycles. The lowest BCUT2D eigenvalue weighted by Gasteiger charge is -2.10. The average Bonchev–Trinajstić information content (AvgIpc) is 2.16. The van der Waals surface area contributed by atoms with E-state index in [4.69, 9.17) is 11.6 Å². The molecule has 0 bridgehead atoms. The monoisotopic (exact) mass is 336 g/mol. The fraction of sp³-hybridized carbons (Fsp3) is 0.250. The smallest absolute Gasteiger partial charge is 0.214 e. The highest BCUT2D eigenvalue weighted by Crippen LogP contribution is 2.34. The van der Waals surface area contributed by atoms with Crippen LogP contribution in [-0.2, 0) is 15.2 Å². The molecule has 0 fully saturated rings. The van der Waals surface area contributed by atoms with Crippen LogP contribution < -0.4 is 0 Å². The molecule has 0 N–H and O–H groups in total. The molecule has 0 aromatic heterocycles. The number of alkyl halides is 4. The summed E-state index contributed by atoms with van der Waals surface area (Å²) in [7, 11) is -5.39. The van der Waals surface area contributed by atoms with Gasteiger partial charge in [-0.05, 0) is 17.7 Å². The minimum atomic E-state index is -5.39. The van der Waals surface area contributed by atoms with E-state index in [0.717, 1.165) is 12.1 Å². The molecule has 0 aliphatic carbocycles. The third-order valence-electron chi connectivity index (χ3n) is 1.74. The second kappa shape index (κ2) is 4.54. The number of rotatable bonds is 2. The topological polar surface area (TPSA) is 34.1 Å². The summed E-state index contributed by atoms with van der Waals surface area (Å²) in [6, 6.07) is 3.46. The van der Waals surface area contributed by atoms with Crippen LogP contribution in [0.15, 0.2) is 23.1 Å². The Kier molecular flexibility index (Phi) is 3.91. The maximum Gasteiger partial charge on any atom is 0.501 e. The van der Waals surface area contributed by atoms with Gasteiger partial charge in [-0.15, -0.1) is 0 Å². The molecule has 0 spiro atoms. The number of sulfone groups is 1. The molecule has 90 valence electrons. The van der Waals surface area contributed by atoms with Gasteiger partial charge >= 0.3 is 5.51 Å². The van der Waals surface area contributed by atoms with Crippen molar-refractivity contribution in [3.8, 4) is 0 Å². The molecule has 1 rings (SSSR count). The lowest BCUT2D eigenvalue weighted by Crippen LogP contribution is -2.23. The van der Waals surface area contributed by atoms with Gasteiger partial charge in [0.1, 0.15) is 0 Å². The number of hydrogen-bond acceptors (Lipinski definition) is 2. The van der Waals surface area contributed by atoms with Gasteiger partial charge in [0.2, 0.25) is 0 Å². The fourth-order valence-corrected chi connectivity index (χ4v) is 2.61. The average molecular weight is 338 g/mol. The second-order valence-electron chi connectivity index (χ2n) is 2.85. The largest absolute Gasteiger partial charge is 0.501 e. The van der Waals surface area contributed by atoms with Crippen LogP contribution in [0, 0.1) is 0 Å². The van der Waals surface area contributed by atoms with Crippen molar-refractivity contribution in [1.29, 1.82) is 0 Å². The minimum absolute atomic E-state index is 0.241. The van der Waals surface area contributed by atoms with E-state index in [1.807, 2.05) is 0 Å². The highest BCUT2D eigenvalue weighted by atomic mass is 79.9. The normalized spacial score (nSPS) is 12.8. The van der Waals surface area contributed by atoms with E-state index < -0.39 is 25.3 Å². The van der Waals surface area contributed by atoms with Gasteiger partial charge in [0, 0.05) is 5.33 Å². The van der Waals surface area contributed by atoms with E-state index in [-0.39, 0.29) is 5.33 Å². The molecular weight excluding hydrogens is 333 g/mol. The van der Waals surface area contributed by atoms with Crippen LogP contribution in [-0.4, -0.2) is 13.9 Å². The van der Waals surface area contributed by atoms with Crippen LogP contribution in [0.2, 0.25) is 5.02 Å². The van der Waals surface area contributed by atoms with Crippen molar-refractivity contribution in [3.63, 3.8) is 0 Å². The summed E-state index contributed by atoms with van der Waals surface area (Å²) in [5.41, 5.74) is -4.95. The molecule has 0 unspecified atom stereocenters. The molecule has 2 nitrogen and oxygen atoms in total. The van der Waals surface area contributed by atoms with Gasteiger partial charge in [0.05, 0.1) is 9.92 Å². The molecule has 0 saturated heterocycles. The summed E-state index contributed by atoms with van der Waals surface area (Å²) in [5, 5.41) is -0.202. The summed E-state index contributed by atoms with van der Waals surface area (Å²) in [5.74, 6) is 0. The second-order valence-corrected chi connectivity index (χ2v) is 5.73. The van der Waals surface area contributed by atoms with Gasteiger partial charge < -0.3 is 0 Å². The summed E-state index contributed by atoms with van der Waals surface area (Å²) in [4.78, 5) is -0.918. The fourth-order valence-electron chi connectivity index (χ4n) is 0.962. The van der Waals surface area contributed by atoms with E-state index in [2.05, 4.69) is 15.9 Å². The maximum absolute atomic E-state index is 12.3. The van der Waals surface area contributed by atoms with E-state index in [0.29, 0.717) is 5.56 Å². The Morgan fingerprint density at radius 3 is 2.31 bits per heavy atom. The highest BCUT2D eigenvalue weighted by molar-refractivity contribution is 9.08. The molecule has 8 heteroatoms. The summed E-state index contributed by atoms with van der Waals surface area (Å²) < 4.78 is 59.1. The first-order valence-electron chi connectivity index (χ1n) is 3.86. The summed E-state index contributed by atoms with van der Waals surface area (Å²) >= 11 is 8.46. The van der Waals surface area contributed by atoms with Crippen molar-refractivity contribution < 1.29 is 21.6 Å². The van der Waals surface area contributed by atoms with Crippen LogP contribution in [0.3, 0.4) is 0 Å². The molecule has 0 aliphatic heterocycles. The Morgan fingerprint density at radius 1 is 1.31 bits per heavy atom. The number of benzene rings is 1. The summed E-state index contributed by atoms with van der Waals surface area (Å²) in [6.45, 7) is 0. The molecule has 1 aromatic carbocycles. The van der Waals surface area contributed by atoms with Crippen LogP contribution in [0.4, 0.5) is 13.2 Å². The van der Waals surface area contributed by atoms with Gasteiger partial charge in [0.25, 0.3) is 9.84 Å². The zero-order valence-corrected chi connectivity index (χ0v) is 10.7. The predicted molar refractivity (Wildman–Crippen MR) is 57.3 cm³/mol. The highest BCUT2D eigenvalue weighted by Gasteiger charge is 2.47. The first-order chi connectivity index (χ1) is 7.20. The van der Waals surface area contributed by atoms with Gasteiger partial charge in [-0.25, -0.2) is 8.42 Å². The molecule has 0 atom stereocenters. The SMILES string of the molecule is O=S(=O)(c1cc(CBr)ccc1Cl)C(F)(F)F. The van der Waals surface area contributed by atoms with E-state index in [1.54, 1.807) is 0 Å². The van der Waals surface area contributed by atoms with Crippen LogP contribution in [0.25, 0.3) is 0 Å². The molecule has 0 amide bonds. The maximum atomic E-state index is 12.3. The van der Waals surface area contributed by atoms with Crippen LogP contribution >= 0.6 is 27.5 Å². The van der Waals surface area contributed by atoms with Crippen molar-refractivity contribution in [2.24, 2.45) is 0 Å². The zero-order valence-electron chi connectivity index (χ0n) is 7.55. The van der Waals surface area contributed by atoms with E-state index in [9.17, 15) is 21.6 Å². The molecule has 0 aliphatic rings. The Morgan fingerprint density at radius 2 is 1.88 bits per heavy atom. The third kappa shape index (κ3) is 2.52. The van der Waals surface area contributed by atoms with Gasteiger partial charge in [-0.1, -0.05) is 33.6 Å². The molecular formula is C8H5BrClF3O2S. The predicted octanol–water partition coefficient (Wildman–Crippen LogP) is 3.53. The van der Waals surface area contributed by atoms with E-state index >= 15 is 0 Å². The molecule has 1 aromatic rings. The number of halogens is 5. The van der Waals surface area contributed by atoms with E-state index in [1.165, 1.54) is 6.07 Å². The number of hydrogen-bond donors (Lipinski definition) is 0. The van der Waals surface area contributed by atoms with Crippen molar-refractivity contribution >= 4 is 37.4 Å². The zero-order chi connectivity index (χ0) is 12.6. The Hall–Kier alpha value is -0.270. The van der Waals surface area contributed by atoms with Gasteiger partial charge in [-0.3, -0.25) is 0 Å². The van der Waals surface area contributed by atoms with Crippen molar-refractivity contribution in [1.82, 2.24) is 0 Å². The molecule has 0 heterocycles. The third-order valence-corrected chi connectivity index (χ3v) is 4.36. The lowest BCUT2D eigenvalue weighted by atomic mass is 10.2. The van der Waals surface area contributed by atoms with Crippen LogP contribution in [0.5, 0.6) is 0 Å². The Bertz CT molecular complexity index is 498. The first-order valence-corrected chi connectivity index (χ1v) is 6.84. The lowest BCUT2D eigenvalue weighted by molar-refractivity contribution is -0.0435. The van der Waals surface area contributed by atoms with Gasteiger partial charge in [-0.2, -0.15) is 13.2 Å². The molecule has 0 radical (unpaired) electrons. The van der Waals surface area contributed by atoms with Crippen molar-refractivity contribution in [2.45, 2.75) is 15.7 Å². The van der Waals surface area contributed by atoms with Gasteiger partial charge in [0.15, 0.2) is 0 Å². The Labute approximate surface area is 103 Å². The molecule has 16 heavy (non-hydrogen) atoms. The quantitative estimate of drug-likeness (QED) is 0.774. The minimum Gasteiger partial charge on any atom is -0.214 e. The van der Waals surface area contributed by atoms with Crippen molar-refractivity contribution in [3.05, 3.63) is 28.8 Å². The Balaban J connectivity index is 3.44. The van der Waals surface area contributed by atoms with Crippen molar-refractivity contribution in [2.75, 3.05) is 0 Å². The van der Waals surface area contributed by atoms with Crippen LogP contribution in [0.1, 0.15) is 5.56 Å². The standard InChI is InChI=1S/C8H5BrClF3O2S/c9-4-5-1-2-6(10)7(3-5)16(14,15)8(11,12)13/h1-3H,4H2.